The van der Waals surface area contributed by atoms with Gasteiger partial charge >= 0.3 is 0 Å². The molecule has 0 radical (unpaired) electrons. The number of carbonyl (C=O) groups excluding carboxylic acids is 2. The number of hydrogen-bond donors (Lipinski definition) is 1. The molecule has 1 aliphatic heterocycles. The molecular formula is C27H25N3O2. The molecule has 2 amide bonds. The van der Waals surface area contributed by atoms with Gasteiger partial charge in [0, 0.05) is 36.0 Å². The number of carbonyl (C=O) groups is 2. The van der Waals surface area contributed by atoms with Crippen molar-refractivity contribution in [2.24, 2.45) is 5.73 Å². The van der Waals surface area contributed by atoms with Crippen LogP contribution < -0.4 is 5.73 Å². The van der Waals surface area contributed by atoms with Crippen molar-refractivity contribution >= 4 is 17.4 Å². The zero-order valence-electron chi connectivity index (χ0n) is 17.9. The number of hydrogen-bond acceptors (Lipinski definition) is 3. The van der Waals surface area contributed by atoms with Crippen LogP contribution in [0.5, 0.6) is 0 Å². The van der Waals surface area contributed by atoms with Gasteiger partial charge in [-0.15, -0.1) is 0 Å². The van der Waals surface area contributed by atoms with Crippen molar-refractivity contribution in [1.82, 2.24) is 9.88 Å². The van der Waals surface area contributed by atoms with Gasteiger partial charge < -0.3 is 10.6 Å². The molecule has 1 aliphatic carbocycles. The molecule has 0 atom stereocenters. The summed E-state index contributed by atoms with van der Waals surface area (Å²) in [7, 11) is 0. The summed E-state index contributed by atoms with van der Waals surface area (Å²) < 4.78 is 0. The molecule has 0 unspecified atom stereocenters. The number of amides is 2. The maximum Gasteiger partial charge on any atom is 0.253 e. The highest BCUT2D eigenvalue weighted by Crippen LogP contribution is 2.38. The first-order chi connectivity index (χ1) is 15.6. The van der Waals surface area contributed by atoms with Gasteiger partial charge in [-0.05, 0) is 72.7 Å². The number of primary amides is 1. The van der Waals surface area contributed by atoms with Gasteiger partial charge in [0.15, 0.2) is 0 Å². The van der Waals surface area contributed by atoms with E-state index in [-0.39, 0.29) is 5.91 Å². The molecule has 0 saturated carbocycles. The first kappa shape index (κ1) is 20.2. The number of aromatic nitrogens is 1. The quantitative estimate of drug-likeness (QED) is 0.676. The minimum absolute atomic E-state index is 0.0838. The predicted octanol–water partition coefficient (Wildman–Crippen LogP) is 4.02. The number of rotatable bonds is 2. The van der Waals surface area contributed by atoms with Crippen molar-refractivity contribution in [2.45, 2.75) is 25.7 Å². The Morgan fingerprint density at radius 2 is 1.56 bits per heavy atom. The van der Waals surface area contributed by atoms with Crippen molar-refractivity contribution in [3.63, 3.8) is 0 Å². The first-order valence-electron chi connectivity index (χ1n) is 11.1. The number of fused-ring (bicyclic) bond motifs is 2. The summed E-state index contributed by atoms with van der Waals surface area (Å²) in [4.78, 5) is 31.3. The fourth-order valence-electron chi connectivity index (χ4n) is 4.81. The minimum Gasteiger partial charge on any atom is -0.366 e. The third-order valence-corrected chi connectivity index (χ3v) is 6.48. The van der Waals surface area contributed by atoms with Gasteiger partial charge in [-0.25, -0.2) is 0 Å². The average Bonchev–Trinajstić information content (AvgIpc) is 3.00. The highest BCUT2D eigenvalue weighted by atomic mass is 16.2. The van der Waals surface area contributed by atoms with Crippen LogP contribution in [-0.4, -0.2) is 34.8 Å². The van der Waals surface area contributed by atoms with Gasteiger partial charge in [-0.2, -0.15) is 0 Å². The second-order valence-electron chi connectivity index (χ2n) is 8.38. The van der Waals surface area contributed by atoms with Crippen molar-refractivity contribution in [2.75, 3.05) is 13.1 Å². The van der Waals surface area contributed by atoms with Crippen LogP contribution in [0.1, 0.15) is 55.9 Å². The standard InChI is InChI=1S/C27H25N3O2/c28-26(31)22-10-11-23-21(17-22)9-8-19-7-4-14-29-25(19)24(23)18-12-15-30(16-13-18)27(32)20-5-2-1-3-6-20/h1-7,10-11,14,17H,8-9,12-13,15-16H2,(H2,28,31). The van der Waals surface area contributed by atoms with Crippen LogP contribution in [0.3, 0.4) is 0 Å². The Labute approximate surface area is 187 Å². The van der Waals surface area contributed by atoms with Gasteiger partial charge in [0.05, 0.1) is 5.69 Å². The van der Waals surface area contributed by atoms with E-state index >= 15 is 0 Å². The lowest BCUT2D eigenvalue weighted by Gasteiger charge is -2.30. The maximum absolute atomic E-state index is 12.9. The Bertz CT molecular complexity index is 1220. The lowest BCUT2D eigenvalue weighted by molar-refractivity contribution is 0.0743. The minimum atomic E-state index is -0.408. The zero-order chi connectivity index (χ0) is 22.1. The molecule has 160 valence electrons. The SMILES string of the molecule is NC(=O)c1ccc2c(c1)CCc1cccnc1C2=C1CCN(C(=O)c2ccccc2)CC1. The van der Waals surface area contributed by atoms with E-state index in [4.69, 9.17) is 10.7 Å². The van der Waals surface area contributed by atoms with Gasteiger partial charge in [0.1, 0.15) is 0 Å². The van der Waals surface area contributed by atoms with E-state index in [1.165, 1.54) is 11.1 Å². The molecule has 2 aromatic carbocycles. The van der Waals surface area contributed by atoms with Crippen LogP contribution >= 0.6 is 0 Å². The molecule has 1 aromatic heterocycles. The van der Waals surface area contributed by atoms with Gasteiger partial charge in [0.2, 0.25) is 5.91 Å². The van der Waals surface area contributed by atoms with Crippen LogP contribution in [-0.2, 0) is 12.8 Å². The monoisotopic (exact) mass is 423 g/mol. The van der Waals surface area contributed by atoms with Crippen molar-refractivity contribution < 1.29 is 9.59 Å². The average molecular weight is 424 g/mol. The Hall–Kier alpha value is -3.73. The van der Waals surface area contributed by atoms with Crippen LogP contribution in [0.2, 0.25) is 0 Å². The number of aryl methyl sites for hydroxylation is 2. The lowest BCUT2D eigenvalue weighted by Crippen LogP contribution is -2.36. The third kappa shape index (κ3) is 3.71. The normalized spacial score (nSPS) is 15.6. The molecule has 1 saturated heterocycles. The number of nitrogens with two attached hydrogens (primary N) is 1. The van der Waals surface area contributed by atoms with Crippen molar-refractivity contribution in [1.29, 1.82) is 0 Å². The second-order valence-corrected chi connectivity index (χ2v) is 8.38. The van der Waals surface area contributed by atoms with Crippen molar-refractivity contribution in [3.05, 3.63) is 106 Å². The topological polar surface area (TPSA) is 76.3 Å². The number of likely N-dealkylation sites (tertiary alicyclic amines) is 1. The second kappa shape index (κ2) is 8.42. The molecule has 5 heteroatoms. The van der Waals surface area contributed by atoms with E-state index in [0.29, 0.717) is 18.7 Å². The van der Waals surface area contributed by atoms with Crippen LogP contribution in [0, 0.1) is 0 Å². The van der Waals surface area contributed by atoms with E-state index in [1.807, 2.05) is 65.7 Å². The lowest BCUT2D eigenvalue weighted by atomic mass is 9.88. The van der Waals surface area contributed by atoms with E-state index in [1.54, 1.807) is 0 Å². The molecule has 5 nitrogen and oxygen atoms in total. The molecule has 0 spiro atoms. The van der Waals surface area contributed by atoms with E-state index in [9.17, 15) is 9.59 Å². The number of piperidine rings is 1. The number of nitrogens with zero attached hydrogens (tertiary/aromatic N) is 2. The third-order valence-electron chi connectivity index (χ3n) is 6.48. The maximum atomic E-state index is 12.9. The zero-order valence-corrected chi connectivity index (χ0v) is 17.9. The fourth-order valence-corrected chi connectivity index (χ4v) is 4.81. The number of pyridine rings is 1. The molecule has 32 heavy (non-hydrogen) atoms. The highest BCUT2D eigenvalue weighted by molar-refractivity contribution is 5.95. The molecule has 3 aromatic rings. The Morgan fingerprint density at radius 1 is 0.812 bits per heavy atom. The van der Waals surface area contributed by atoms with Gasteiger partial charge in [0.25, 0.3) is 5.91 Å². The van der Waals surface area contributed by atoms with E-state index < -0.39 is 5.91 Å². The summed E-state index contributed by atoms with van der Waals surface area (Å²) in [6.45, 7) is 1.37. The Morgan fingerprint density at radius 3 is 2.31 bits per heavy atom. The van der Waals surface area contributed by atoms with Gasteiger partial charge in [-0.1, -0.05) is 35.9 Å². The van der Waals surface area contributed by atoms with E-state index in [2.05, 4.69) is 6.07 Å². The summed E-state index contributed by atoms with van der Waals surface area (Å²) in [5, 5.41) is 0. The number of benzene rings is 2. The van der Waals surface area contributed by atoms with Crippen LogP contribution in [0.25, 0.3) is 5.57 Å². The Kier molecular flexibility index (Phi) is 5.31. The summed E-state index contributed by atoms with van der Waals surface area (Å²) >= 11 is 0. The molecule has 5 rings (SSSR count). The molecule has 2 N–H and O–H groups in total. The molecule has 0 bridgehead atoms. The van der Waals surface area contributed by atoms with E-state index in [0.717, 1.165) is 53.6 Å². The van der Waals surface area contributed by atoms with Crippen molar-refractivity contribution in [3.8, 4) is 0 Å². The fraction of sp³-hybridized carbons (Fsp3) is 0.222. The largest absolute Gasteiger partial charge is 0.366 e. The molecule has 2 aliphatic rings. The molecule has 1 fully saturated rings. The predicted molar refractivity (Wildman–Crippen MR) is 124 cm³/mol. The van der Waals surface area contributed by atoms with Crippen LogP contribution in [0.15, 0.2) is 72.4 Å². The Balaban J connectivity index is 1.52. The smallest absolute Gasteiger partial charge is 0.253 e. The summed E-state index contributed by atoms with van der Waals surface area (Å²) in [6, 6.07) is 19.3. The highest BCUT2D eigenvalue weighted by Gasteiger charge is 2.27. The summed E-state index contributed by atoms with van der Waals surface area (Å²) in [6.07, 6.45) is 5.16. The van der Waals surface area contributed by atoms with Gasteiger partial charge in [-0.3, -0.25) is 14.6 Å². The molecule has 2 heterocycles. The summed E-state index contributed by atoms with van der Waals surface area (Å²) in [5.41, 5.74) is 13.8. The molecular weight excluding hydrogens is 398 g/mol. The van der Waals surface area contributed by atoms with Crippen LogP contribution in [0.4, 0.5) is 0 Å². The first-order valence-corrected chi connectivity index (χ1v) is 11.1. The summed E-state index contributed by atoms with van der Waals surface area (Å²) in [5.74, 6) is -0.324.